The zero-order valence-electron chi connectivity index (χ0n) is 8.21. The zero-order valence-corrected chi connectivity index (χ0v) is 8.21. The van der Waals surface area contributed by atoms with E-state index in [9.17, 15) is 4.79 Å². The summed E-state index contributed by atoms with van der Waals surface area (Å²) in [6.45, 7) is 5.39. The van der Waals surface area contributed by atoms with E-state index in [1.54, 1.807) is 0 Å². The Balaban J connectivity index is 3.31. The van der Waals surface area contributed by atoms with Crippen LogP contribution < -0.4 is 0 Å². The van der Waals surface area contributed by atoms with Crippen molar-refractivity contribution in [3.8, 4) is 0 Å². The summed E-state index contributed by atoms with van der Waals surface area (Å²) >= 11 is 0. The van der Waals surface area contributed by atoms with Gasteiger partial charge in [0.25, 0.3) is 0 Å². The van der Waals surface area contributed by atoms with Crippen molar-refractivity contribution in [1.29, 1.82) is 0 Å². The molecule has 0 aromatic carbocycles. The van der Waals surface area contributed by atoms with Gasteiger partial charge in [-0.05, 0) is 32.4 Å². The first-order valence-electron chi connectivity index (χ1n) is 4.42. The SMILES string of the molecule is CC(C)CCCN(C)CC(=O)O. The van der Waals surface area contributed by atoms with Crippen molar-refractivity contribution in [3.05, 3.63) is 0 Å². The zero-order chi connectivity index (χ0) is 9.56. The molecule has 0 aromatic rings. The lowest BCUT2D eigenvalue weighted by atomic mass is 10.1. The molecule has 3 nitrogen and oxygen atoms in total. The number of nitrogens with zero attached hydrogens (tertiary/aromatic N) is 1. The molecule has 3 heteroatoms. The third-order valence-electron chi connectivity index (χ3n) is 1.73. The number of carboxylic acid groups (broad SMARTS) is 1. The first kappa shape index (κ1) is 11.4. The molecule has 0 radical (unpaired) electrons. The van der Waals surface area contributed by atoms with E-state index in [-0.39, 0.29) is 6.54 Å². The van der Waals surface area contributed by atoms with Gasteiger partial charge in [-0.25, -0.2) is 0 Å². The van der Waals surface area contributed by atoms with Gasteiger partial charge < -0.3 is 5.11 Å². The third-order valence-corrected chi connectivity index (χ3v) is 1.73. The molecule has 0 spiro atoms. The summed E-state index contributed by atoms with van der Waals surface area (Å²) < 4.78 is 0. The molecule has 0 aromatic heterocycles. The normalized spacial score (nSPS) is 11.1. The summed E-state index contributed by atoms with van der Waals surface area (Å²) in [5.41, 5.74) is 0. The summed E-state index contributed by atoms with van der Waals surface area (Å²) in [6.07, 6.45) is 2.26. The van der Waals surface area contributed by atoms with Crippen molar-refractivity contribution in [2.45, 2.75) is 26.7 Å². The lowest BCUT2D eigenvalue weighted by Gasteiger charge is -2.14. The second kappa shape index (κ2) is 6.00. The molecule has 0 aliphatic heterocycles. The maximum absolute atomic E-state index is 10.3. The Morgan fingerprint density at radius 3 is 2.50 bits per heavy atom. The van der Waals surface area contributed by atoms with Gasteiger partial charge in [0.1, 0.15) is 0 Å². The van der Waals surface area contributed by atoms with Gasteiger partial charge in [0.15, 0.2) is 0 Å². The van der Waals surface area contributed by atoms with E-state index in [1.165, 1.54) is 6.42 Å². The Morgan fingerprint density at radius 2 is 2.08 bits per heavy atom. The average molecular weight is 173 g/mol. The van der Waals surface area contributed by atoms with Crippen LogP contribution in [-0.2, 0) is 4.79 Å². The predicted molar refractivity (Wildman–Crippen MR) is 49.2 cm³/mol. The second-order valence-corrected chi connectivity index (χ2v) is 3.67. The molecule has 0 aliphatic rings. The van der Waals surface area contributed by atoms with Crippen LogP contribution in [0.3, 0.4) is 0 Å². The molecule has 0 saturated carbocycles. The molecule has 72 valence electrons. The van der Waals surface area contributed by atoms with Crippen LogP contribution in [0.5, 0.6) is 0 Å². The van der Waals surface area contributed by atoms with Crippen LogP contribution in [0.4, 0.5) is 0 Å². The molecule has 0 bridgehead atoms. The summed E-state index contributed by atoms with van der Waals surface area (Å²) in [5.74, 6) is -0.0368. The van der Waals surface area contributed by atoms with E-state index < -0.39 is 5.97 Å². The molecule has 0 unspecified atom stereocenters. The molecule has 0 heterocycles. The smallest absolute Gasteiger partial charge is 0.317 e. The van der Waals surface area contributed by atoms with Gasteiger partial charge in [0.05, 0.1) is 6.54 Å². The number of carbonyl (C=O) groups is 1. The minimum Gasteiger partial charge on any atom is -0.480 e. The summed E-state index contributed by atoms with van der Waals surface area (Å²) in [4.78, 5) is 12.1. The number of aliphatic carboxylic acids is 1. The standard InChI is InChI=1S/C9H19NO2/c1-8(2)5-4-6-10(3)7-9(11)12/h8H,4-7H2,1-3H3,(H,11,12). The molecule has 0 aliphatic carbocycles. The Hall–Kier alpha value is -0.570. The van der Waals surface area contributed by atoms with Gasteiger partial charge in [-0.1, -0.05) is 13.8 Å². The second-order valence-electron chi connectivity index (χ2n) is 3.67. The van der Waals surface area contributed by atoms with Gasteiger partial charge in [-0.3, -0.25) is 9.69 Å². The molecule has 12 heavy (non-hydrogen) atoms. The fourth-order valence-electron chi connectivity index (χ4n) is 1.08. The molecule has 0 amide bonds. The van der Waals surface area contributed by atoms with E-state index in [0.29, 0.717) is 5.92 Å². The summed E-state index contributed by atoms with van der Waals surface area (Å²) in [5, 5.41) is 8.45. The van der Waals surface area contributed by atoms with Crippen LogP contribution >= 0.6 is 0 Å². The van der Waals surface area contributed by atoms with Crippen LogP contribution in [0.2, 0.25) is 0 Å². The maximum Gasteiger partial charge on any atom is 0.317 e. The van der Waals surface area contributed by atoms with Gasteiger partial charge in [0, 0.05) is 0 Å². The molecular weight excluding hydrogens is 154 g/mol. The van der Waals surface area contributed by atoms with Crippen molar-refractivity contribution < 1.29 is 9.90 Å². The highest BCUT2D eigenvalue weighted by Gasteiger charge is 2.03. The summed E-state index contributed by atoms with van der Waals surface area (Å²) in [6, 6.07) is 0. The van der Waals surface area contributed by atoms with Crippen molar-refractivity contribution in [1.82, 2.24) is 4.90 Å². The van der Waals surface area contributed by atoms with Crippen molar-refractivity contribution in [2.24, 2.45) is 5.92 Å². The Bertz CT molecular complexity index is 134. The highest BCUT2D eigenvalue weighted by Crippen LogP contribution is 2.03. The van der Waals surface area contributed by atoms with E-state index in [0.717, 1.165) is 13.0 Å². The highest BCUT2D eigenvalue weighted by atomic mass is 16.4. The Kier molecular flexibility index (Phi) is 5.72. The number of carboxylic acids is 1. The quantitative estimate of drug-likeness (QED) is 0.660. The average Bonchev–Trinajstić information content (AvgIpc) is 1.84. The van der Waals surface area contributed by atoms with Gasteiger partial charge in [-0.2, -0.15) is 0 Å². The maximum atomic E-state index is 10.3. The molecule has 0 rings (SSSR count). The summed E-state index contributed by atoms with van der Waals surface area (Å²) in [7, 11) is 1.84. The molecule has 0 saturated heterocycles. The number of hydrogen-bond donors (Lipinski definition) is 1. The third kappa shape index (κ3) is 7.54. The highest BCUT2D eigenvalue weighted by molar-refractivity contribution is 5.68. The minimum atomic E-state index is -0.748. The van der Waals surface area contributed by atoms with Crippen molar-refractivity contribution in [2.75, 3.05) is 20.1 Å². The molecular formula is C9H19NO2. The first-order chi connectivity index (χ1) is 5.52. The minimum absolute atomic E-state index is 0.151. The van der Waals surface area contributed by atoms with Crippen LogP contribution in [0, 0.1) is 5.92 Å². The van der Waals surface area contributed by atoms with Gasteiger partial charge in [0.2, 0.25) is 0 Å². The van der Waals surface area contributed by atoms with Crippen LogP contribution in [-0.4, -0.2) is 36.1 Å². The largest absolute Gasteiger partial charge is 0.480 e. The van der Waals surface area contributed by atoms with Crippen LogP contribution in [0.15, 0.2) is 0 Å². The van der Waals surface area contributed by atoms with E-state index >= 15 is 0 Å². The first-order valence-corrected chi connectivity index (χ1v) is 4.42. The fraction of sp³-hybridized carbons (Fsp3) is 0.889. The monoisotopic (exact) mass is 173 g/mol. The molecule has 0 fully saturated rings. The van der Waals surface area contributed by atoms with E-state index in [2.05, 4.69) is 13.8 Å². The molecule has 1 N–H and O–H groups in total. The van der Waals surface area contributed by atoms with Crippen LogP contribution in [0.1, 0.15) is 26.7 Å². The lowest BCUT2D eigenvalue weighted by molar-refractivity contribution is -0.137. The van der Waals surface area contributed by atoms with Gasteiger partial charge >= 0.3 is 5.97 Å². The topological polar surface area (TPSA) is 40.5 Å². The van der Waals surface area contributed by atoms with E-state index in [1.807, 2.05) is 11.9 Å². The number of rotatable bonds is 6. The predicted octanol–water partition coefficient (Wildman–Crippen LogP) is 1.44. The van der Waals surface area contributed by atoms with E-state index in [4.69, 9.17) is 5.11 Å². The van der Waals surface area contributed by atoms with Crippen molar-refractivity contribution >= 4 is 5.97 Å². The van der Waals surface area contributed by atoms with Crippen LogP contribution in [0.25, 0.3) is 0 Å². The Morgan fingerprint density at radius 1 is 1.50 bits per heavy atom. The van der Waals surface area contributed by atoms with Gasteiger partial charge in [-0.15, -0.1) is 0 Å². The lowest BCUT2D eigenvalue weighted by Crippen LogP contribution is -2.26. The number of likely N-dealkylation sites (N-methyl/N-ethyl adjacent to an activating group) is 1. The van der Waals surface area contributed by atoms with Crippen molar-refractivity contribution in [3.63, 3.8) is 0 Å². The fourth-order valence-corrected chi connectivity index (χ4v) is 1.08. The Labute approximate surface area is 74.4 Å². The molecule has 0 atom stereocenters. The number of hydrogen-bond acceptors (Lipinski definition) is 2.